The van der Waals surface area contributed by atoms with Crippen molar-refractivity contribution < 1.29 is 24.2 Å². The molecule has 2 N–H and O–H groups in total. The molecule has 1 amide bonds. The summed E-state index contributed by atoms with van der Waals surface area (Å²) in [6.07, 6.45) is 3.41. The molecule has 1 saturated heterocycles. The fourth-order valence-electron chi connectivity index (χ4n) is 2.20. The monoisotopic (exact) mass is 293 g/mol. The Balaban J connectivity index is 1.79. The van der Waals surface area contributed by atoms with Gasteiger partial charge in [-0.15, -0.1) is 0 Å². The molecule has 21 heavy (non-hydrogen) atoms. The van der Waals surface area contributed by atoms with E-state index in [1.54, 1.807) is 24.3 Å². The molecule has 1 heterocycles. The summed E-state index contributed by atoms with van der Waals surface area (Å²) in [5.41, 5.74) is 0.593. The Morgan fingerprint density at radius 3 is 3.00 bits per heavy atom. The zero-order chi connectivity index (χ0) is 15.1. The Hall–Kier alpha value is -2.08. The molecule has 2 rings (SSSR count). The standard InChI is InChI=1S/C15H19NO5/c17-14(7-6-12-5-2-8-20-12)16-11-3-1-4-13(9-11)21-10-15(18)19/h1,3-4,9,12H,2,5-8,10H2,(H,16,17)(H,18,19). The van der Waals surface area contributed by atoms with Crippen LogP contribution in [0.2, 0.25) is 0 Å². The number of carbonyl (C=O) groups is 2. The van der Waals surface area contributed by atoms with E-state index in [1.807, 2.05) is 0 Å². The molecule has 1 aromatic rings. The van der Waals surface area contributed by atoms with Crippen LogP contribution in [-0.4, -0.2) is 36.3 Å². The van der Waals surface area contributed by atoms with Crippen molar-refractivity contribution in [3.63, 3.8) is 0 Å². The predicted molar refractivity (Wildman–Crippen MR) is 76.4 cm³/mol. The number of carboxylic acid groups (broad SMARTS) is 1. The zero-order valence-electron chi connectivity index (χ0n) is 11.7. The highest BCUT2D eigenvalue weighted by atomic mass is 16.5. The average molecular weight is 293 g/mol. The first-order valence-corrected chi connectivity index (χ1v) is 6.99. The maximum absolute atomic E-state index is 11.8. The molecule has 114 valence electrons. The van der Waals surface area contributed by atoms with Gasteiger partial charge in [-0.25, -0.2) is 4.79 Å². The summed E-state index contributed by atoms with van der Waals surface area (Å²) in [5, 5.41) is 11.3. The van der Waals surface area contributed by atoms with Crippen molar-refractivity contribution in [1.82, 2.24) is 0 Å². The van der Waals surface area contributed by atoms with E-state index in [0.29, 0.717) is 17.9 Å². The number of anilines is 1. The van der Waals surface area contributed by atoms with Gasteiger partial charge in [0, 0.05) is 24.8 Å². The molecule has 1 aromatic carbocycles. The minimum Gasteiger partial charge on any atom is -0.482 e. The lowest BCUT2D eigenvalue weighted by Crippen LogP contribution is -2.15. The molecule has 0 aliphatic carbocycles. The normalized spacial score (nSPS) is 17.4. The first kappa shape index (κ1) is 15.3. The second-order valence-corrected chi connectivity index (χ2v) is 4.93. The van der Waals surface area contributed by atoms with E-state index in [9.17, 15) is 9.59 Å². The van der Waals surface area contributed by atoms with Crippen molar-refractivity contribution in [2.45, 2.75) is 31.8 Å². The summed E-state index contributed by atoms with van der Waals surface area (Å²) >= 11 is 0. The average Bonchev–Trinajstić information content (AvgIpc) is 2.97. The SMILES string of the molecule is O=C(O)COc1cccc(NC(=O)CCC2CCCO2)c1. The number of hydrogen-bond donors (Lipinski definition) is 2. The van der Waals surface area contributed by atoms with Gasteiger partial charge in [0.05, 0.1) is 6.10 Å². The Morgan fingerprint density at radius 2 is 2.29 bits per heavy atom. The quantitative estimate of drug-likeness (QED) is 0.803. The minimum atomic E-state index is -1.04. The first-order valence-electron chi connectivity index (χ1n) is 6.99. The van der Waals surface area contributed by atoms with Crippen LogP contribution in [-0.2, 0) is 14.3 Å². The van der Waals surface area contributed by atoms with Crippen molar-refractivity contribution in [1.29, 1.82) is 0 Å². The Bertz CT molecular complexity index is 497. The predicted octanol–water partition coefficient (Wildman–Crippen LogP) is 2.05. The maximum atomic E-state index is 11.8. The largest absolute Gasteiger partial charge is 0.482 e. The molecular weight excluding hydrogens is 274 g/mol. The number of nitrogens with one attached hydrogen (secondary N) is 1. The summed E-state index contributed by atoms with van der Waals surface area (Å²) in [4.78, 5) is 22.3. The minimum absolute atomic E-state index is 0.0825. The molecular formula is C15H19NO5. The molecule has 6 nitrogen and oxygen atoms in total. The molecule has 0 aromatic heterocycles. The second kappa shape index (κ2) is 7.64. The van der Waals surface area contributed by atoms with Gasteiger partial charge in [-0.05, 0) is 31.4 Å². The third-order valence-corrected chi connectivity index (χ3v) is 3.20. The molecule has 1 aliphatic heterocycles. The van der Waals surface area contributed by atoms with Crippen molar-refractivity contribution in [3.05, 3.63) is 24.3 Å². The van der Waals surface area contributed by atoms with Gasteiger partial charge in [-0.2, -0.15) is 0 Å². The smallest absolute Gasteiger partial charge is 0.341 e. The van der Waals surface area contributed by atoms with Crippen molar-refractivity contribution in [2.24, 2.45) is 0 Å². The number of rotatable bonds is 7. The number of carboxylic acids is 1. The summed E-state index contributed by atoms with van der Waals surface area (Å²) in [6, 6.07) is 6.68. The van der Waals surface area contributed by atoms with Crippen molar-refractivity contribution >= 4 is 17.6 Å². The summed E-state index contributed by atoms with van der Waals surface area (Å²) in [6.45, 7) is 0.381. The van der Waals surface area contributed by atoms with E-state index >= 15 is 0 Å². The lowest BCUT2D eigenvalue weighted by Gasteiger charge is -2.10. The van der Waals surface area contributed by atoms with Crippen molar-refractivity contribution in [3.8, 4) is 5.75 Å². The molecule has 1 aliphatic rings. The third kappa shape index (κ3) is 5.43. The van der Waals surface area contributed by atoms with E-state index in [0.717, 1.165) is 25.9 Å². The number of hydrogen-bond acceptors (Lipinski definition) is 4. The highest BCUT2D eigenvalue weighted by Crippen LogP contribution is 2.19. The number of benzene rings is 1. The molecule has 1 fully saturated rings. The number of ether oxygens (including phenoxy) is 2. The second-order valence-electron chi connectivity index (χ2n) is 4.93. The molecule has 6 heteroatoms. The van der Waals surface area contributed by atoms with E-state index < -0.39 is 12.6 Å². The van der Waals surface area contributed by atoms with E-state index in [4.69, 9.17) is 14.6 Å². The Morgan fingerprint density at radius 1 is 1.43 bits per heavy atom. The maximum Gasteiger partial charge on any atom is 0.341 e. The highest BCUT2D eigenvalue weighted by Gasteiger charge is 2.16. The van der Waals surface area contributed by atoms with Gasteiger partial charge in [0.15, 0.2) is 6.61 Å². The van der Waals surface area contributed by atoms with Crippen LogP contribution in [0.4, 0.5) is 5.69 Å². The van der Waals surface area contributed by atoms with Gasteiger partial charge in [-0.3, -0.25) is 4.79 Å². The van der Waals surface area contributed by atoms with Crippen LogP contribution < -0.4 is 10.1 Å². The molecule has 1 atom stereocenters. The summed E-state index contributed by atoms with van der Waals surface area (Å²) < 4.78 is 10.5. The summed E-state index contributed by atoms with van der Waals surface area (Å²) in [5.74, 6) is -0.712. The highest BCUT2D eigenvalue weighted by molar-refractivity contribution is 5.90. The van der Waals surface area contributed by atoms with Gasteiger partial charge < -0.3 is 19.9 Å². The van der Waals surface area contributed by atoms with E-state index in [2.05, 4.69) is 5.32 Å². The number of amides is 1. The van der Waals surface area contributed by atoms with Gasteiger partial charge in [0.1, 0.15) is 5.75 Å². The Labute approximate surface area is 123 Å². The molecule has 0 spiro atoms. The lowest BCUT2D eigenvalue weighted by atomic mass is 10.1. The molecule has 0 saturated carbocycles. The van der Waals surface area contributed by atoms with Crippen molar-refractivity contribution in [2.75, 3.05) is 18.5 Å². The first-order chi connectivity index (χ1) is 10.1. The fourth-order valence-corrected chi connectivity index (χ4v) is 2.20. The molecule has 1 unspecified atom stereocenters. The number of carbonyl (C=O) groups excluding carboxylic acids is 1. The molecule has 0 radical (unpaired) electrons. The van der Waals surface area contributed by atoms with Crippen LogP contribution in [0.3, 0.4) is 0 Å². The third-order valence-electron chi connectivity index (χ3n) is 3.20. The fraction of sp³-hybridized carbons (Fsp3) is 0.467. The lowest BCUT2D eigenvalue weighted by molar-refractivity contribution is -0.139. The van der Waals surface area contributed by atoms with Crippen LogP contribution in [0.15, 0.2) is 24.3 Å². The van der Waals surface area contributed by atoms with Gasteiger partial charge >= 0.3 is 5.97 Å². The van der Waals surface area contributed by atoms with E-state index in [1.165, 1.54) is 0 Å². The van der Waals surface area contributed by atoms with Crippen LogP contribution in [0.5, 0.6) is 5.75 Å². The van der Waals surface area contributed by atoms with Crippen LogP contribution in [0.25, 0.3) is 0 Å². The van der Waals surface area contributed by atoms with Crippen LogP contribution >= 0.6 is 0 Å². The van der Waals surface area contributed by atoms with E-state index in [-0.39, 0.29) is 12.0 Å². The van der Waals surface area contributed by atoms with Gasteiger partial charge in [0.2, 0.25) is 5.91 Å². The van der Waals surface area contributed by atoms with Gasteiger partial charge in [0.25, 0.3) is 0 Å². The number of aliphatic carboxylic acids is 1. The van der Waals surface area contributed by atoms with Crippen LogP contribution in [0, 0.1) is 0 Å². The van der Waals surface area contributed by atoms with Gasteiger partial charge in [-0.1, -0.05) is 6.07 Å². The van der Waals surface area contributed by atoms with Crippen LogP contribution in [0.1, 0.15) is 25.7 Å². The Kier molecular flexibility index (Phi) is 5.57. The topological polar surface area (TPSA) is 84.9 Å². The zero-order valence-corrected chi connectivity index (χ0v) is 11.7. The molecule has 0 bridgehead atoms. The summed E-state index contributed by atoms with van der Waals surface area (Å²) in [7, 11) is 0.